The Bertz CT molecular complexity index is 1960. The van der Waals surface area contributed by atoms with Gasteiger partial charge in [-0.15, -0.1) is 6.42 Å². The smallest absolute Gasteiger partial charge is 0.303 e. The summed E-state index contributed by atoms with van der Waals surface area (Å²) >= 11 is 0. The monoisotopic (exact) mass is 560 g/mol. The fraction of sp³-hybridized carbons (Fsp3) is 0.235. The van der Waals surface area contributed by atoms with Gasteiger partial charge in [0.05, 0.1) is 28.3 Å². The number of nitrogens with one attached hydrogen (secondary N) is 2. The second-order valence-corrected chi connectivity index (χ2v) is 10.6. The lowest BCUT2D eigenvalue weighted by atomic mass is 10.00. The Labute approximate surface area is 243 Å². The van der Waals surface area contributed by atoms with Crippen molar-refractivity contribution >= 4 is 62.4 Å². The third-order valence-electron chi connectivity index (χ3n) is 8.11. The van der Waals surface area contributed by atoms with Crippen LogP contribution >= 0.6 is 0 Å². The summed E-state index contributed by atoms with van der Waals surface area (Å²) in [4.78, 5) is 39.8. The minimum atomic E-state index is -0.897. The Morgan fingerprint density at radius 2 is 1.40 bits per heavy atom. The highest BCUT2D eigenvalue weighted by atomic mass is 16.4. The van der Waals surface area contributed by atoms with Crippen molar-refractivity contribution < 1.29 is 19.8 Å². The Hall–Kier alpha value is -5.16. The number of H-pyrrole nitrogens is 2. The van der Waals surface area contributed by atoms with Crippen LogP contribution in [0.2, 0.25) is 0 Å². The maximum absolute atomic E-state index is 11.5. The minimum absolute atomic E-state index is 0.0302. The normalized spacial score (nSPS) is 12.9. The average molecular weight is 561 g/mol. The first-order valence-electron chi connectivity index (χ1n) is 13.7. The Kier molecular flexibility index (Phi) is 7.44. The number of hydrogen-bond donors (Lipinski definition) is 4. The summed E-state index contributed by atoms with van der Waals surface area (Å²) in [6.45, 7) is 11.9. The van der Waals surface area contributed by atoms with Crippen molar-refractivity contribution in [3.63, 3.8) is 0 Å². The van der Waals surface area contributed by atoms with E-state index in [1.54, 1.807) is 6.08 Å². The van der Waals surface area contributed by atoms with Gasteiger partial charge in [-0.1, -0.05) is 18.6 Å². The Morgan fingerprint density at radius 1 is 0.810 bits per heavy atom. The largest absolute Gasteiger partial charge is 0.481 e. The van der Waals surface area contributed by atoms with E-state index in [1.165, 1.54) is 0 Å². The van der Waals surface area contributed by atoms with Crippen LogP contribution in [0.4, 0.5) is 0 Å². The van der Waals surface area contributed by atoms with Crippen molar-refractivity contribution in [3.8, 4) is 12.3 Å². The van der Waals surface area contributed by atoms with E-state index in [1.807, 2.05) is 52.0 Å². The zero-order valence-corrected chi connectivity index (χ0v) is 24.1. The summed E-state index contributed by atoms with van der Waals surface area (Å²) < 4.78 is 0. The van der Waals surface area contributed by atoms with Gasteiger partial charge in [0.15, 0.2) is 0 Å². The molecule has 3 aromatic rings. The molecule has 0 unspecified atom stereocenters. The van der Waals surface area contributed by atoms with Crippen molar-refractivity contribution in [3.05, 3.63) is 75.9 Å². The maximum atomic E-state index is 11.5. The number of nitrogens with zero attached hydrogens (tertiary/aromatic N) is 2. The standard InChI is InChI=1S/C34H32N4O4/c1-7-21-17(3)25-13-26-19(5)23(9-11-33(39)40)31(37-26)16-32-24(10-12-34(41)42)20(6)28(38-32)15-30-22(8-2)18(4)27(36-30)14-29(21)35-25/h1,8,13-16,36,38H,2,9-12H2,3-6H3,(H,39,40)(H,41,42). The van der Waals surface area contributed by atoms with Gasteiger partial charge >= 0.3 is 11.9 Å². The second kappa shape index (κ2) is 11.0. The molecule has 0 atom stereocenters. The van der Waals surface area contributed by atoms with E-state index < -0.39 is 11.9 Å². The molecule has 5 rings (SSSR count). The number of hydrogen-bond acceptors (Lipinski definition) is 4. The third-order valence-corrected chi connectivity index (χ3v) is 8.11. The van der Waals surface area contributed by atoms with E-state index in [2.05, 4.69) is 22.5 Å². The molecule has 42 heavy (non-hydrogen) atoms. The van der Waals surface area contributed by atoms with Crippen molar-refractivity contribution in [2.24, 2.45) is 0 Å². The Morgan fingerprint density at radius 3 is 2.07 bits per heavy atom. The van der Waals surface area contributed by atoms with Crippen molar-refractivity contribution in [2.75, 3.05) is 0 Å². The molecule has 8 nitrogen and oxygen atoms in total. The summed E-state index contributed by atoms with van der Waals surface area (Å²) in [7, 11) is 0. The summed E-state index contributed by atoms with van der Waals surface area (Å²) in [5.41, 5.74) is 12.9. The van der Waals surface area contributed by atoms with Crippen molar-refractivity contribution in [1.29, 1.82) is 0 Å². The molecule has 8 bridgehead atoms. The van der Waals surface area contributed by atoms with Gasteiger partial charge in [-0.25, -0.2) is 9.97 Å². The van der Waals surface area contributed by atoms with E-state index in [0.29, 0.717) is 41.2 Å². The zero-order chi connectivity index (χ0) is 30.3. The number of terminal acetylenes is 1. The number of aliphatic carboxylic acids is 2. The third kappa shape index (κ3) is 5.06. The van der Waals surface area contributed by atoms with Gasteiger partial charge in [0.25, 0.3) is 0 Å². The highest BCUT2D eigenvalue weighted by Crippen LogP contribution is 2.36. The Balaban J connectivity index is 1.95. The maximum Gasteiger partial charge on any atom is 0.303 e. The lowest BCUT2D eigenvalue weighted by Gasteiger charge is -2.03. The average Bonchev–Trinajstić information content (AvgIpc) is 3.59. The van der Waals surface area contributed by atoms with Crippen LogP contribution in [-0.4, -0.2) is 42.1 Å². The van der Waals surface area contributed by atoms with Crippen LogP contribution in [-0.2, 0) is 16.0 Å². The molecular weight excluding hydrogens is 528 g/mol. The zero-order valence-electron chi connectivity index (χ0n) is 24.1. The van der Waals surface area contributed by atoms with E-state index in [9.17, 15) is 19.8 Å². The summed E-state index contributed by atoms with van der Waals surface area (Å²) in [5.74, 6) is 1.01. The number of allylic oxidation sites excluding steroid dienone is 4. The number of carbonyl (C=O) groups is 2. The summed E-state index contributed by atoms with van der Waals surface area (Å²) in [5, 5.41) is 18.9. The first-order valence-corrected chi connectivity index (χ1v) is 13.7. The first kappa shape index (κ1) is 28.4. The molecule has 4 N–H and O–H groups in total. The van der Waals surface area contributed by atoms with Gasteiger partial charge in [0.1, 0.15) is 0 Å². The number of fused-ring (bicyclic) bond motifs is 8. The lowest BCUT2D eigenvalue weighted by Crippen LogP contribution is -1.98. The molecule has 0 radical (unpaired) electrons. The number of rotatable bonds is 7. The van der Waals surface area contributed by atoms with Crippen LogP contribution in [0, 0.1) is 26.2 Å². The second-order valence-electron chi connectivity index (χ2n) is 10.6. The highest BCUT2D eigenvalue weighted by molar-refractivity contribution is 6.00. The number of aromatic amines is 2. The molecule has 5 heterocycles. The van der Waals surface area contributed by atoms with Gasteiger partial charge in [-0.05, 0) is 98.2 Å². The van der Waals surface area contributed by atoms with Gasteiger partial charge < -0.3 is 20.2 Å². The van der Waals surface area contributed by atoms with Crippen molar-refractivity contribution in [1.82, 2.24) is 19.9 Å². The van der Waals surface area contributed by atoms with Gasteiger partial charge in [-0.3, -0.25) is 9.59 Å². The predicted molar refractivity (Wildman–Crippen MR) is 167 cm³/mol. The molecule has 0 amide bonds. The van der Waals surface area contributed by atoms with Crippen LogP contribution in [0.5, 0.6) is 0 Å². The molecule has 3 aromatic heterocycles. The van der Waals surface area contributed by atoms with Crippen LogP contribution in [0.25, 0.3) is 50.4 Å². The van der Waals surface area contributed by atoms with Crippen LogP contribution in [0.15, 0.2) is 30.8 Å². The quantitative estimate of drug-likeness (QED) is 0.231. The van der Waals surface area contributed by atoms with E-state index in [0.717, 1.165) is 61.0 Å². The van der Waals surface area contributed by atoms with Crippen LogP contribution in [0.1, 0.15) is 78.1 Å². The van der Waals surface area contributed by atoms with Gasteiger partial charge in [-0.2, -0.15) is 0 Å². The van der Waals surface area contributed by atoms with Crippen LogP contribution < -0.4 is 0 Å². The molecule has 0 aromatic carbocycles. The number of carboxylic acid groups (broad SMARTS) is 2. The number of aromatic nitrogens is 4. The van der Waals surface area contributed by atoms with Gasteiger partial charge in [0.2, 0.25) is 0 Å². The molecule has 2 aliphatic heterocycles. The first-order chi connectivity index (χ1) is 20.0. The predicted octanol–water partition coefficient (Wildman–Crippen LogP) is 6.95. The fourth-order valence-electron chi connectivity index (χ4n) is 5.67. The molecule has 2 aliphatic rings. The molecule has 8 heteroatoms. The lowest BCUT2D eigenvalue weighted by molar-refractivity contribution is -0.137. The highest BCUT2D eigenvalue weighted by Gasteiger charge is 2.21. The van der Waals surface area contributed by atoms with E-state index in [-0.39, 0.29) is 12.8 Å². The number of carboxylic acids is 2. The number of aryl methyl sites for hydroxylation is 3. The molecule has 0 spiro atoms. The fourth-order valence-corrected chi connectivity index (χ4v) is 5.67. The van der Waals surface area contributed by atoms with E-state index in [4.69, 9.17) is 16.4 Å². The minimum Gasteiger partial charge on any atom is -0.481 e. The SMILES string of the molecule is C#CC1=C(C)c2cc3nc(cc4[nH]c(cc5[nH]c(cc1n2)c(C)c5C=C)c(C)c4CCC(=O)O)C(CCC(=O)O)=C3C. The summed E-state index contributed by atoms with van der Waals surface area (Å²) in [6, 6.07) is 7.73. The van der Waals surface area contributed by atoms with Crippen molar-refractivity contribution in [2.45, 2.75) is 53.4 Å². The van der Waals surface area contributed by atoms with Crippen LogP contribution in [0.3, 0.4) is 0 Å². The molecule has 212 valence electrons. The van der Waals surface area contributed by atoms with Gasteiger partial charge in [0, 0.05) is 40.5 Å². The van der Waals surface area contributed by atoms with E-state index >= 15 is 0 Å². The molecular formula is C34H32N4O4. The molecule has 0 aliphatic carbocycles. The molecule has 0 fully saturated rings. The topological polar surface area (TPSA) is 132 Å². The summed E-state index contributed by atoms with van der Waals surface area (Å²) in [6.07, 6.45) is 8.29. The molecule has 0 saturated heterocycles. The molecule has 0 saturated carbocycles.